The summed E-state index contributed by atoms with van der Waals surface area (Å²) in [5.74, 6) is -1.60. The number of benzene rings is 1. The van der Waals surface area contributed by atoms with E-state index >= 15 is 0 Å². The highest BCUT2D eigenvalue weighted by Crippen LogP contribution is 2.41. The largest absolute Gasteiger partial charge is 0.396 e. The Balaban J connectivity index is 2.63. The minimum absolute atomic E-state index is 0.337. The average Bonchev–Trinajstić information content (AvgIpc) is 2.19. The van der Waals surface area contributed by atoms with Crippen LogP contribution in [0, 0.1) is 0 Å². The molecular formula is C8H4Br2N3O2. The molecule has 2 amide bonds. The second-order valence-electron chi connectivity index (χ2n) is 2.85. The quantitative estimate of drug-likeness (QED) is 0.557. The first-order valence-electron chi connectivity index (χ1n) is 3.85. The van der Waals surface area contributed by atoms with Crippen molar-refractivity contribution in [2.24, 2.45) is 0 Å². The number of carbonyl (C=O) groups is 2. The van der Waals surface area contributed by atoms with Crippen molar-refractivity contribution in [3.63, 3.8) is 0 Å². The van der Waals surface area contributed by atoms with Crippen molar-refractivity contribution in [1.82, 2.24) is 5.32 Å². The molecule has 1 radical (unpaired) electrons. The lowest BCUT2D eigenvalue weighted by Gasteiger charge is -2.18. The van der Waals surface area contributed by atoms with E-state index in [-0.39, 0.29) is 0 Å². The van der Waals surface area contributed by atoms with Crippen LogP contribution in [0.4, 0.5) is 17.1 Å². The van der Waals surface area contributed by atoms with Gasteiger partial charge in [0.15, 0.2) is 0 Å². The number of carbonyl (C=O) groups excluding carboxylic acids is 2. The van der Waals surface area contributed by atoms with Gasteiger partial charge in [0, 0.05) is 4.47 Å². The van der Waals surface area contributed by atoms with Gasteiger partial charge in [0.25, 0.3) is 0 Å². The fourth-order valence-electron chi connectivity index (χ4n) is 1.18. The van der Waals surface area contributed by atoms with Crippen molar-refractivity contribution >= 4 is 60.7 Å². The second-order valence-corrected chi connectivity index (χ2v) is 4.50. The van der Waals surface area contributed by atoms with Gasteiger partial charge >= 0.3 is 11.8 Å². The van der Waals surface area contributed by atoms with Crippen LogP contribution in [0.3, 0.4) is 0 Å². The molecule has 1 aliphatic rings. The fourth-order valence-corrected chi connectivity index (χ4v) is 1.92. The topological polar surface area (TPSA) is 86.3 Å². The van der Waals surface area contributed by atoms with Crippen LogP contribution in [-0.2, 0) is 9.59 Å². The van der Waals surface area contributed by atoms with E-state index in [1.807, 2.05) is 0 Å². The van der Waals surface area contributed by atoms with E-state index in [1.165, 1.54) is 0 Å². The van der Waals surface area contributed by atoms with Crippen LogP contribution in [-0.4, -0.2) is 11.8 Å². The van der Waals surface area contributed by atoms with Crippen LogP contribution in [0.2, 0.25) is 0 Å². The molecule has 0 fully saturated rings. The summed E-state index contributed by atoms with van der Waals surface area (Å²) in [6, 6.07) is 1.60. The van der Waals surface area contributed by atoms with Crippen molar-refractivity contribution in [1.29, 1.82) is 0 Å². The van der Waals surface area contributed by atoms with Gasteiger partial charge in [-0.15, -0.1) is 0 Å². The number of nitrogens with one attached hydrogen (secondary N) is 1. The number of nitrogen functional groups attached to an aromatic ring is 1. The van der Waals surface area contributed by atoms with Crippen molar-refractivity contribution in [2.75, 3.05) is 11.1 Å². The highest BCUT2D eigenvalue weighted by Gasteiger charge is 2.27. The summed E-state index contributed by atoms with van der Waals surface area (Å²) in [4.78, 5) is 22.1. The van der Waals surface area contributed by atoms with E-state index in [1.54, 1.807) is 6.07 Å². The Morgan fingerprint density at radius 1 is 1.33 bits per heavy atom. The molecule has 0 atom stereocenters. The van der Waals surface area contributed by atoms with Crippen LogP contribution in [0.15, 0.2) is 15.0 Å². The predicted molar refractivity (Wildman–Crippen MR) is 61.7 cm³/mol. The maximum Gasteiger partial charge on any atom is 0.335 e. The number of fused-ring (bicyclic) bond motifs is 1. The first-order valence-corrected chi connectivity index (χ1v) is 5.44. The Labute approximate surface area is 102 Å². The zero-order chi connectivity index (χ0) is 11.2. The van der Waals surface area contributed by atoms with Crippen LogP contribution in [0.5, 0.6) is 0 Å². The van der Waals surface area contributed by atoms with Crippen molar-refractivity contribution < 1.29 is 9.59 Å². The Morgan fingerprint density at radius 3 is 2.67 bits per heavy atom. The summed E-state index contributed by atoms with van der Waals surface area (Å²) in [5.41, 5.74) is 6.80. The number of nitrogens with two attached hydrogens (primary N) is 1. The average molecular weight is 334 g/mol. The third kappa shape index (κ3) is 1.61. The smallest absolute Gasteiger partial charge is 0.335 e. The molecule has 2 rings (SSSR count). The number of anilines is 2. The van der Waals surface area contributed by atoms with E-state index in [9.17, 15) is 9.59 Å². The Kier molecular flexibility index (Phi) is 2.43. The van der Waals surface area contributed by atoms with Crippen molar-refractivity contribution in [3.8, 4) is 0 Å². The van der Waals surface area contributed by atoms with Gasteiger partial charge in [0.2, 0.25) is 0 Å². The number of nitrogens with zero attached hydrogens (tertiary/aromatic N) is 1. The van der Waals surface area contributed by atoms with Gasteiger partial charge in [0.05, 0.1) is 21.5 Å². The molecule has 0 unspecified atom stereocenters. The molecule has 0 saturated carbocycles. The van der Waals surface area contributed by atoms with Crippen molar-refractivity contribution in [3.05, 3.63) is 15.0 Å². The zero-order valence-corrected chi connectivity index (χ0v) is 10.3. The lowest BCUT2D eigenvalue weighted by molar-refractivity contribution is -0.135. The monoisotopic (exact) mass is 332 g/mol. The maximum absolute atomic E-state index is 11.1. The molecule has 15 heavy (non-hydrogen) atoms. The van der Waals surface area contributed by atoms with E-state index < -0.39 is 11.8 Å². The Hall–Kier alpha value is -1.08. The molecule has 3 N–H and O–H groups in total. The van der Waals surface area contributed by atoms with Crippen LogP contribution in [0.25, 0.3) is 0 Å². The lowest BCUT2D eigenvalue weighted by atomic mass is 10.2. The van der Waals surface area contributed by atoms with Crippen molar-refractivity contribution in [2.45, 2.75) is 0 Å². The fraction of sp³-hybridized carbons (Fsp3) is 0. The van der Waals surface area contributed by atoms with Gasteiger partial charge in [-0.1, -0.05) is 0 Å². The number of hydrogen-bond donors (Lipinski definition) is 2. The number of rotatable bonds is 0. The summed E-state index contributed by atoms with van der Waals surface area (Å²) >= 11 is 6.49. The molecule has 0 bridgehead atoms. The SMILES string of the molecule is Nc1c(Br)c(Br)cc2c1NC(=O)C(=O)[N]2. The van der Waals surface area contributed by atoms with Gasteiger partial charge in [-0.3, -0.25) is 9.59 Å². The van der Waals surface area contributed by atoms with Gasteiger partial charge in [-0.2, -0.15) is 0 Å². The molecule has 77 valence electrons. The Bertz CT molecular complexity index is 487. The minimum atomic E-state index is -0.823. The zero-order valence-electron chi connectivity index (χ0n) is 7.17. The third-order valence-corrected chi connectivity index (χ3v) is 3.90. The summed E-state index contributed by atoms with van der Waals surface area (Å²) < 4.78 is 1.29. The molecule has 5 nitrogen and oxygen atoms in total. The maximum atomic E-state index is 11.1. The molecule has 0 spiro atoms. The number of hydrogen-bond acceptors (Lipinski definition) is 3. The number of amides is 2. The van der Waals surface area contributed by atoms with E-state index in [0.29, 0.717) is 26.0 Å². The molecule has 0 aromatic heterocycles. The highest BCUT2D eigenvalue weighted by atomic mass is 79.9. The molecule has 7 heteroatoms. The van der Waals surface area contributed by atoms with E-state index in [0.717, 1.165) is 0 Å². The van der Waals surface area contributed by atoms with Gasteiger partial charge in [-0.05, 0) is 37.9 Å². The van der Waals surface area contributed by atoms with Gasteiger partial charge < -0.3 is 11.1 Å². The summed E-state index contributed by atoms with van der Waals surface area (Å²) in [7, 11) is 0. The van der Waals surface area contributed by atoms with Crippen LogP contribution < -0.4 is 16.4 Å². The highest BCUT2D eigenvalue weighted by molar-refractivity contribution is 9.13. The standard InChI is InChI=1S/C8H4Br2N3O2/c9-2-1-3-6(5(11)4(2)10)13-8(15)7(14)12-3/h1H,11H2,(H,13,15). The molecule has 1 aromatic carbocycles. The predicted octanol–water partition coefficient (Wildman–Crippen LogP) is 1.51. The Morgan fingerprint density at radius 2 is 2.00 bits per heavy atom. The normalized spacial score (nSPS) is 14.3. The molecule has 1 heterocycles. The molecule has 1 aliphatic heterocycles. The first-order chi connectivity index (χ1) is 7.00. The van der Waals surface area contributed by atoms with Gasteiger partial charge in [0.1, 0.15) is 0 Å². The molecular weight excluding hydrogens is 330 g/mol. The molecule has 1 aromatic rings. The minimum Gasteiger partial charge on any atom is -0.396 e. The third-order valence-electron chi connectivity index (χ3n) is 1.89. The molecule has 0 aliphatic carbocycles. The van der Waals surface area contributed by atoms with Crippen LogP contribution in [0.1, 0.15) is 0 Å². The summed E-state index contributed by atoms with van der Waals surface area (Å²) in [6.07, 6.45) is 0. The number of halogens is 2. The summed E-state index contributed by atoms with van der Waals surface area (Å²) in [5, 5.41) is 6.00. The van der Waals surface area contributed by atoms with Gasteiger partial charge in [-0.25, -0.2) is 5.32 Å². The first kappa shape index (κ1) is 10.4. The van der Waals surface area contributed by atoms with E-state index in [4.69, 9.17) is 5.73 Å². The summed E-state index contributed by atoms with van der Waals surface area (Å²) in [6.45, 7) is 0. The second kappa shape index (κ2) is 3.49. The lowest BCUT2D eigenvalue weighted by Crippen LogP contribution is -2.33. The van der Waals surface area contributed by atoms with Crippen LogP contribution >= 0.6 is 31.9 Å². The van der Waals surface area contributed by atoms with E-state index in [2.05, 4.69) is 42.5 Å². The molecule has 0 saturated heterocycles.